The number of amides is 2. The largest absolute Gasteiger partial charge is 0.493 e. The molecule has 0 fully saturated rings. The van der Waals surface area contributed by atoms with Crippen molar-refractivity contribution in [3.05, 3.63) is 18.2 Å². The number of hydrogen-bond donors (Lipinski definition) is 2. The van der Waals surface area contributed by atoms with Crippen molar-refractivity contribution in [1.82, 2.24) is 5.32 Å². The zero-order chi connectivity index (χ0) is 18.2. The Morgan fingerprint density at radius 2 is 1.71 bits per heavy atom. The molecule has 0 atom stereocenters. The summed E-state index contributed by atoms with van der Waals surface area (Å²) in [6.45, 7) is 5.90. The van der Waals surface area contributed by atoms with Crippen LogP contribution in [0.25, 0.3) is 0 Å². The molecular weight excluding hydrogens is 308 g/mol. The van der Waals surface area contributed by atoms with Crippen molar-refractivity contribution in [2.75, 3.05) is 26.1 Å². The number of carbonyl (C=O) groups excluding carboxylic acids is 2. The molecule has 0 aliphatic rings. The van der Waals surface area contributed by atoms with Gasteiger partial charge in [0.2, 0.25) is 11.8 Å². The summed E-state index contributed by atoms with van der Waals surface area (Å²) >= 11 is 0. The minimum Gasteiger partial charge on any atom is -0.493 e. The van der Waals surface area contributed by atoms with Crippen molar-refractivity contribution in [3.8, 4) is 11.5 Å². The molecule has 2 amide bonds. The molecule has 0 aliphatic carbocycles. The Kier molecular flexibility index (Phi) is 7.55. The number of benzene rings is 1. The highest BCUT2D eigenvalue weighted by molar-refractivity contribution is 6.09. The van der Waals surface area contributed by atoms with Gasteiger partial charge >= 0.3 is 0 Å². The fourth-order valence-corrected chi connectivity index (χ4v) is 2.10. The van der Waals surface area contributed by atoms with Gasteiger partial charge in [0.05, 0.1) is 14.2 Å². The number of unbranched alkanes of at least 4 members (excludes halogenated alkanes) is 2. The van der Waals surface area contributed by atoms with Crippen molar-refractivity contribution in [3.63, 3.8) is 0 Å². The van der Waals surface area contributed by atoms with Crippen molar-refractivity contribution in [2.45, 2.75) is 40.0 Å². The van der Waals surface area contributed by atoms with E-state index in [9.17, 15) is 9.59 Å². The summed E-state index contributed by atoms with van der Waals surface area (Å²) in [4.78, 5) is 24.7. The van der Waals surface area contributed by atoms with Gasteiger partial charge in [-0.2, -0.15) is 0 Å². The molecule has 0 spiro atoms. The lowest BCUT2D eigenvalue weighted by Crippen LogP contribution is -2.45. The van der Waals surface area contributed by atoms with Gasteiger partial charge in [0.1, 0.15) is 5.41 Å². The van der Waals surface area contributed by atoms with Gasteiger partial charge in [0.15, 0.2) is 11.5 Å². The number of carbonyl (C=O) groups is 2. The standard InChI is InChI=1S/C18H28N2O4/c1-6-7-8-11-19-16(21)18(2,3)17(22)20-13-9-10-14(23-4)15(12-13)24-5/h9-10,12H,6-8,11H2,1-5H3,(H,19,21)(H,20,22). The molecule has 2 N–H and O–H groups in total. The maximum Gasteiger partial charge on any atom is 0.239 e. The molecule has 1 aromatic rings. The molecule has 0 radical (unpaired) electrons. The third kappa shape index (κ3) is 5.15. The molecule has 0 saturated carbocycles. The Morgan fingerprint density at radius 3 is 2.29 bits per heavy atom. The van der Waals surface area contributed by atoms with Gasteiger partial charge in [-0.15, -0.1) is 0 Å². The molecule has 6 heteroatoms. The van der Waals surface area contributed by atoms with E-state index in [1.165, 1.54) is 7.11 Å². The Labute approximate surface area is 143 Å². The summed E-state index contributed by atoms with van der Waals surface area (Å²) < 4.78 is 10.4. The highest BCUT2D eigenvalue weighted by Crippen LogP contribution is 2.30. The first-order valence-corrected chi connectivity index (χ1v) is 8.18. The van der Waals surface area contributed by atoms with Gasteiger partial charge in [-0.25, -0.2) is 0 Å². The second-order valence-corrected chi connectivity index (χ2v) is 6.11. The molecule has 1 aromatic carbocycles. The van der Waals surface area contributed by atoms with Crippen LogP contribution in [0.2, 0.25) is 0 Å². The topological polar surface area (TPSA) is 76.7 Å². The van der Waals surface area contributed by atoms with Crippen LogP contribution in [0.3, 0.4) is 0 Å². The predicted octanol–water partition coefficient (Wildman–Crippen LogP) is 2.97. The van der Waals surface area contributed by atoms with Gasteiger partial charge < -0.3 is 20.1 Å². The van der Waals surface area contributed by atoms with E-state index in [0.29, 0.717) is 23.7 Å². The van der Waals surface area contributed by atoms with Gasteiger partial charge in [0.25, 0.3) is 0 Å². The Bertz CT molecular complexity index is 570. The number of anilines is 1. The molecule has 134 valence electrons. The number of ether oxygens (including phenoxy) is 2. The quantitative estimate of drug-likeness (QED) is 0.537. The SMILES string of the molecule is CCCCCNC(=O)C(C)(C)C(=O)Nc1ccc(OC)c(OC)c1. The molecule has 0 aliphatic heterocycles. The van der Waals surface area contributed by atoms with E-state index in [1.807, 2.05) is 0 Å². The predicted molar refractivity (Wildman–Crippen MR) is 94.5 cm³/mol. The second kappa shape index (κ2) is 9.15. The molecule has 0 bridgehead atoms. The third-order valence-electron chi connectivity index (χ3n) is 3.84. The fraction of sp³-hybridized carbons (Fsp3) is 0.556. The van der Waals surface area contributed by atoms with E-state index in [1.54, 1.807) is 39.2 Å². The lowest BCUT2D eigenvalue weighted by molar-refractivity contribution is -0.138. The number of methoxy groups -OCH3 is 2. The molecule has 0 aromatic heterocycles. The second-order valence-electron chi connectivity index (χ2n) is 6.11. The van der Waals surface area contributed by atoms with E-state index >= 15 is 0 Å². The first-order chi connectivity index (χ1) is 11.4. The van der Waals surface area contributed by atoms with Crippen LogP contribution in [0.15, 0.2) is 18.2 Å². The average molecular weight is 336 g/mol. The van der Waals surface area contributed by atoms with E-state index in [4.69, 9.17) is 9.47 Å². The summed E-state index contributed by atoms with van der Waals surface area (Å²) in [5.74, 6) is 0.430. The minimum atomic E-state index is -1.17. The fourth-order valence-electron chi connectivity index (χ4n) is 2.10. The maximum absolute atomic E-state index is 12.5. The Morgan fingerprint density at radius 1 is 1.04 bits per heavy atom. The lowest BCUT2D eigenvalue weighted by atomic mass is 9.91. The smallest absolute Gasteiger partial charge is 0.239 e. The summed E-state index contributed by atoms with van der Waals surface area (Å²) in [5.41, 5.74) is -0.621. The molecule has 24 heavy (non-hydrogen) atoms. The van der Waals surface area contributed by atoms with Crippen LogP contribution in [0.5, 0.6) is 11.5 Å². The molecule has 1 rings (SSSR count). The Balaban J connectivity index is 2.72. The highest BCUT2D eigenvalue weighted by atomic mass is 16.5. The molecule has 6 nitrogen and oxygen atoms in total. The monoisotopic (exact) mass is 336 g/mol. The average Bonchev–Trinajstić information content (AvgIpc) is 2.58. The number of nitrogens with one attached hydrogen (secondary N) is 2. The van der Waals surface area contributed by atoms with Gasteiger partial charge in [0, 0.05) is 18.3 Å². The number of rotatable bonds is 9. The normalized spacial score (nSPS) is 10.9. The first-order valence-electron chi connectivity index (χ1n) is 8.18. The van der Waals surface area contributed by atoms with E-state index in [2.05, 4.69) is 17.6 Å². The van der Waals surface area contributed by atoms with Crippen LogP contribution in [0.1, 0.15) is 40.0 Å². The third-order valence-corrected chi connectivity index (χ3v) is 3.84. The summed E-state index contributed by atoms with van der Waals surface area (Å²) in [6, 6.07) is 5.06. The first kappa shape index (κ1) is 19.8. The lowest BCUT2D eigenvalue weighted by Gasteiger charge is -2.23. The zero-order valence-electron chi connectivity index (χ0n) is 15.2. The van der Waals surface area contributed by atoms with E-state index < -0.39 is 5.41 Å². The van der Waals surface area contributed by atoms with Crippen molar-refractivity contribution in [1.29, 1.82) is 0 Å². The van der Waals surface area contributed by atoms with Crippen LogP contribution < -0.4 is 20.1 Å². The summed E-state index contributed by atoms with van der Waals surface area (Å²) in [7, 11) is 3.07. The van der Waals surface area contributed by atoms with Crippen LogP contribution >= 0.6 is 0 Å². The van der Waals surface area contributed by atoms with E-state index in [0.717, 1.165) is 19.3 Å². The van der Waals surface area contributed by atoms with Crippen LogP contribution in [0.4, 0.5) is 5.69 Å². The molecule has 0 unspecified atom stereocenters. The van der Waals surface area contributed by atoms with Crippen LogP contribution in [-0.4, -0.2) is 32.6 Å². The van der Waals surface area contributed by atoms with Crippen molar-refractivity contribution < 1.29 is 19.1 Å². The highest BCUT2D eigenvalue weighted by Gasteiger charge is 2.35. The zero-order valence-corrected chi connectivity index (χ0v) is 15.2. The minimum absolute atomic E-state index is 0.281. The van der Waals surface area contributed by atoms with E-state index in [-0.39, 0.29) is 11.8 Å². The molecule has 0 heterocycles. The van der Waals surface area contributed by atoms with Gasteiger partial charge in [-0.1, -0.05) is 19.8 Å². The molecule has 0 saturated heterocycles. The van der Waals surface area contributed by atoms with Gasteiger partial charge in [-0.3, -0.25) is 9.59 Å². The summed E-state index contributed by atoms with van der Waals surface area (Å²) in [6.07, 6.45) is 3.05. The van der Waals surface area contributed by atoms with Crippen molar-refractivity contribution >= 4 is 17.5 Å². The number of hydrogen-bond acceptors (Lipinski definition) is 4. The van der Waals surface area contributed by atoms with Crippen molar-refractivity contribution in [2.24, 2.45) is 5.41 Å². The van der Waals surface area contributed by atoms with Gasteiger partial charge in [-0.05, 0) is 32.4 Å². The van der Waals surface area contributed by atoms with Crippen LogP contribution in [0, 0.1) is 5.41 Å². The van der Waals surface area contributed by atoms with Crippen LogP contribution in [-0.2, 0) is 9.59 Å². The molecular formula is C18H28N2O4. The summed E-state index contributed by atoms with van der Waals surface area (Å²) in [5, 5.41) is 5.58. The maximum atomic E-state index is 12.5. The Hall–Kier alpha value is -2.24.